The topological polar surface area (TPSA) is 36.4 Å². The minimum atomic E-state index is -0.0429. The van der Waals surface area contributed by atoms with Crippen molar-refractivity contribution < 1.29 is 4.79 Å². The molecular weight excluding hydrogens is 250 g/mol. The van der Waals surface area contributed by atoms with Crippen LogP contribution in [0.1, 0.15) is 24.3 Å². The Bertz CT molecular complexity index is 461. The van der Waals surface area contributed by atoms with Crippen LogP contribution in [-0.2, 0) is 0 Å². The Labute approximate surface area is 113 Å². The number of pyridine rings is 1. The van der Waals surface area contributed by atoms with E-state index in [2.05, 4.69) is 30.8 Å². The van der Waals surface area contributed by atoms with Gasteiger partial charge in [0.2, 0.25) is 0 Å². The predicted molar refractivity (Wildman–Crippen MR) is 71.9 cm³/mol. The Hall–Kier alpha value is -1.13. The van der Waals surface area contributed by atoms with Gasteiger partial charge in [-0.1, -0.05) is 11.6 Å². The number of hydrogen-bond acceptors (Lipinski definition) is 3. The van der Waals surface area contributed by atoms with Crippen LogP contribution in [0, 0.1) is 0 Å². The van der Waals surface area contributed by atoms with Gasteiger partial charge in [-0.2, -0.15) is 0 Å². The van der Waals surface area contributed by atoms with Gasteiger partial charge in [-0.25, -0.2) is 0 Å². The molecule has 0 unspecified atom stereocenters. The summed E-state index contributed by atoms with van der Waals surface area (Å²) < 4.78 is 0. The van der Waals surface area contributed by atoms with Crippen LogP contribution in [-0.4, -0.2) is 52.9 Å². The van der Waals surface area contributed by atoms with Crippen molar-refractivity contribution in [2.75, 3.05) is 26.7 Å². The lowest BCUT2D eigenvalue weighted by atomic mass is 9.99. The van der Waals surface area contributed by atoms with E-state index < -0.39 is 0 Å². The van der Waals surface area contributed by atoms with Crippen LogP contribution in [0.4, 0.5) is 0 Å². The molecule has 98 valence electrons. The van der Waals surface area contributed by atoms with Crippen LogP contribution in [0.3, 0.4) is 0 Å². The van der Waals surface area contributed by atoms with E-state index in [9.17, 15) is 4.79 Å². The Morgan fingerprint density at radius 2 is 2.17 bits per heavy atom. The van der Waals surface area contributed by atoms with Crippen molar-refractivity contribution in [2.24, 2.45) is 0 Å². The number of hydrogen-bond donors (Lipinski definition) is 0. The molecule has 2 heterocycles. The van der Waals surface area contributed by atoms with Gasteiger partial charge in [0.25, 0.3) is 5.91 Å². The van der Waals surface area contributed by atoms with Gasteiger partial charge >= 0.3 is 0 Å². The zero-order valence-electron chi connectivity index (χ0n) is 11.0. The number of rotatable bonds is 1. The molecule has 0 atom stereocenters. The minimum absolute atomic E-state index is 0.00746. The molecule has 1 aromatic heterocycles. The van der Waals surface area contributed by atoms with Gasteiger partial charge in [-0.05, 0) is 33.0 Å². The number of piperazine rings is 1. The highest BCUT2D eigenvalue weighted by atomic mass is 35.5. The molecule has 0 spiro atoms. The van der Waals surface area contributed by atoms with Gasteiger partial charge in [-0.3, -0.25) is 14.7 Å². The molecule has 0 radical (unpaired) electrons. The first kappa shape index (κ1) is 13.3. The predicted octanol–water partition coefficient (Wildman–Crippen LogP) is 1.90. The number of carbonyl (C=O) groups excluding carboxylic acids is 1. The Morgan fingerprint density at radius 3 is 2.78 bits per heavy atom. The maximum absolute atomic E-state index is 12.3. The minimum Gasteiger partial charge on any atom is -0.334 e. The summed E-state index contributed by atoms with van der Waals surface area (Å²) >= 11 is 5.89. The quantitative estimate of drug-likeness (QED) is 0.780. The van der Waals surface area contributed by atoms with Gasteiger partial charge in [0.05, 0.1) is 0 Å². The van der Waals surface area contributed by atoms with E-state index in [0.717, 1.165) is 13.1 Å². The van der Waals surface area contributed by atoms with Crippen molar-refractivity contribution in [3.8, 4) is 0 Å². The summed E-state index contributed by atoms with van der Waals surface area (Å²) in [4.78, 5) is 20.5. The molecule has 18 heavy (non-hydrogen) atoms. The van der Waals surface area contributed by atoms with Crippen LogP contribution < -0.4 is 0 Å². The molecule has 0 aliphatic carbocycles. The molecule has 1 aromatic rings. The van der Waals surface area contributed by atoms with E-state index in [-0.39, 0.29) is 11.4 Å². The lowest BCUT2D eigenvalue weighted by Gasteiger charge is -2.45. The maximum atomic E-state index is 12.3. The first-order chi connectivity index (χ1) is 8.40. The summed E-state index contributed by atoms with van der Waals surface area (Å²) in [5, 5.41) is 0.543. The summed E-state index contributed by atoms with van der Waals surface area (Å²) in [5.41, 5.74) is 0.412. The second-order valence-corrected chi connectivity index (χ2v) is 5.76. The SMILES string of the molecule is CN1CCN(C(=O)c2cc(Cl)ccn2)CC1(C)C. The van der Waals surface area contributed by atoms with Crippen molar-refractivity contribution in [3.05, 3.63) is 29.0 Å². The van der Waals surface area contributed by atoms with Gasteiger partial charge < -0.3 is 4.90 Å². The van der Waals surface area contributed by atoms with E-state index in [1.165, 1.54) is 0 Å². The molecule has 1 aliphatic rings. The van der Waals surface area contributed by atoms with Crippen LogP contribution in [0.5, 0.6) is 0 Å². The van der Waals surface area contributed by atoms with E-state index in [1.54, 1.807) is 18.3 Å². The Morgan fingerprint density at radius 1 is 1.44 bits per heavy atom. The van der Waals surface area contributed by atoms with E-state index in [0.29, 0.717) is 17.3 Å². The van der Waals surface area contributed by atoms with Crippen LogP contribution in [0.25, 0.3) is 0 Å². The van der Waals surface area contributed by atoms with Crippen molar-refractivity contribution in [3.63, 3.8) is 0 Å². The van der Waals surface area contributed by atoms with Crippen molar-refractivity contribution in [2.45, 2.75) is 19.4 Å². The average molecular weight is 268 g/mol. The van der Waals surface area contributed by atoms with Crippen molar-refractivity contribution >= 4 is 17.5 Å². The van der Waals surface area contributed by atoms with E-state index in [1.807, 2.05) is 4.90 Å². The zero-order chi connectivity index (χ0) is 13.3. The van der Waals surface area contributed by atoms with E-state index in [4.69, 9.17) is 11.6 Å². The largest absolute Gasteiger partial charge is 0.334 e. The number of halogens is 1. The molecular formula is C13H18ClN3O. The molecule has 5 heteroatoms. The average Bonchev–Trinajstić information content (AvgIpc) is 2.31. The number of nitrogens with zero attached hydrogens (tertiary/aromatic N) is 3. The van der Waals surface area contributed by atoms with Crippen LogP contribution >= 0.6 is 11.6 Å². The van der Waals surface area contributed by atoms with E-state index >= 15 is 0 Å². The molecule has 0 N–H and O–H groups in total. The fourth-order valence-corrected chi connectivity index (χ4v) is 2.26. The summed E-state index contributed by atoms with van der Waals surface area (Å²) in [7, 11) is 2.08. The highest BCUT2D eigenvalue weighted by Gasteiger charge is 2.33. The molecule has 1 aliphatic heterocycles. The number of aromatic nitrogens is 1. The molecule has 1 amide bonds. The normalized spacial score (nSPS) is 19.9. The highest BCUT2D eigenvalue weighted by molar-refractivity contribution is 6.30. The third kappa shape index (κ3) is 2.65. The lowest BCUT2D eigenvalue weighted by Crippen LogP contribution is -2.58. The second kappa shape index (κ2) is 4.86. The molecule has 0 saturated carbocycles. The maximum Gasteiger partial charge on any atom is 0.272 e. The lowest BCUT2D eigenvalue weighted by molar-refractivity contribution is 0.0307. The fourth-order valence-electron chi connectivity index (χ4n) is 2.10. The molecule has 1 saturated heterocycles. The fraction of sp³-hybridized carbons (Fsp3) is 0.538. The third-order valence-corrected chi connectivity index (χ3v) is 3.78. The standard InChI is InChI=1S/C13H18ClN3O/c1-13(2)9-17(7-6-16(13)3)12(18)11-8-10(14)4-5-15-11/h4-5,8H,6-7,9H2,1-3H3. The molecule has 1 fully saturated rings. The summed E-state index contributed by atoms with van der Waals surface area (Å²) in [6.45, 7) is 6.58. The van der Waals surface area contributed by atoms with Crippen molar-refractivity contribution in [1.29, 1.82) is 0 Å². The Balaban J connectivity index is 2.15. The number of likely N-dealkylation sites (N-methyl/N-ethyl adjacent to an activating group) is 1. The summed E-state index contributed by atoms with van der Waals surface area (Å²) in [6, 6.07) is 3.29. The molecule has 0 bridgehead atoms. The summed E-state index contributed by atoms with van der Waals surface area (Å²) in [5.74, 6) is -0.0429. The second-order valence-electron chi connectivity index (χ2n) is 5.32. The molecule has 2 rings (SSSR count). The smallest absolute Gasteiger partial charge is 0.272 e. The van der Waals surface area contributed by atoms with Crippen LogP contribution in [0.15, 0.2) is 18.3 Å². The number of amides is 1. The monoisotopic (exact) mass is 267 g/mol. The first-order valence-electron chi connectivity index (χ1n) is 6.02. The number of carbonyl (C=O) groups is 1. The molecule has 4 nitrogen and oxygen atoms in total. The Kier molecular flexibility index (Phi) is 3.59. The van der Waals surface area contributed by atoms with Gasteiger partial charge in [0.1, 0.15) is 5.69 Å². The third-order valence-electron chi connectivity index (χ3n) is 3.54. The summed E-state index contributed by atoms with van der Waals surface area (Å²) in [6.07, 6.45) is 1.57. The highest BCUT2D eigenvalue weighted by Crippen LogP contribution is 2.20. The van der Waals surface area contributed by atoms with Crippen LogP contribution in [0.2, 0.25) is 5.02 Å². The van der Waals surface area contributed by atoms with Gasteiger partial charge in [0, 0.05) is 36.4 Å². The molecule has 0 aromatic carbocycles. The van der Waals surface area contributed by atoms with Gasteiger partial charge in [0.15, 0.2) is 0 Å². The first-order valence-corrected chi connectivity index (χ1v) is 6.40. The van der Waals surface area contributed by atoms with Crippen molar-refractivity contribution in [1.82, 2.24) is 14.8 Å². The van der Waals surface area contributed by atoms with Gasteiger partial charge in [-0.15, -0.1) is 0 Å². The zero-order valence-corrected chi connectivity index (χ0v) is 11.7.